The Morgan fingerprint density at radius 2 is 2.19 bits per heavy atom. The second kappa shape index (κ2) is 7.98. The fraction of sp³-hybridized carbons (Fsp3) is 0.625. The first-order valence-electron chi connectivity index (χ1n) is 7.86. The second-order valence-electron chi connectivity index (χ2n) is 5.27. The van der Waals surface area contributed by atoms with Gasteiger partial charge in [0.15, 0.2) is 0 Å². The summed E-state index contributed by atoms with van der Waals surface area (Å²) < 4.78 is 5.41. The van der Waals surface area contributed by atoms with Crippen molar-refractivity contribution in [3.05, 3.63) is 23.4 Å². The molecule has 1 N–H and O–H groups in total. The van der Waals surface area contributed by atoms with Gasteiger partial charge >= 0.3 is 0 Å². The number of carbonyl (C=O) groups is 1. The molecule has 1 amide bonds. The van der Waals surface area contributed by atoms with Gasteiger partial charge in [-0.15, -0.1) is 0 Å². The molecule has 1 aliphatic heterocycles. The lowest BCUT2D eigenvalue weighted by Crippen LogP contribution is -2.33. The molecule has 116 valence electrons. The molecular formula is C16H25N3O2. The van der Waals surface area contributed by atoms with Crippen molar-refractivity contribution in [3.8, 4) is 0 Å². The van der Waals surface area contributed by atoms with E-state index in [9.17, 15) is 4.79 Å². The lowest BCUT2D eigenvalue weighted by Gasteiger charge is -2.20. The molecule has 0 unspecified atom stereocenters. The van der Waals surface area contributed by atoms with Gasteiger partial charge in [-0.25, -0.2) is 4.98 Å². The van der Waals surface area contributed by atoms with E-state index in [1.807, 2.05) is 17.0 Å². The molecule has 1 aliphatic rings. The van der Waals surface area contributed by atoms with Gasteiger partial charge in [0.05, 0.1) is 6.61 Å². The van der Waals surface area contributed by atoms with E-state index in [4.69, 9.17) is 4.74 Å². The summed E-state index contributed by atoms with van der Waals surface area (Å²) in [6.07, 6.45) is 2.76. The normalized spacial score (nSPS) is 15.6. The Kier molecular flexibility index (Phi) is 5.99. The lowest BCUT2D eigenvalue weighted by atomic mass is 10.1. The highest BCUT2D eigenvalue weighted by atomic mass is 16.5. The van der Waals surface area contributed by atoms with E-state index in [-0.39, 0.29) is 5.91 Å². The van der Waals surface area contributed by atoms with Crippen LogP contribution in [0.15, 0.2) is 12.1 Å². The highest BCUT2D eigenvalue weighted by molar-refractivity contribution is 5.95. The Morgan fingerprint density at radius 1 is 1.33 bits per heavy atom. The van der Waals surface area contributed by atoms with Crippen molar-refractivity contribution in [3.63, 3.8) is 0 Å². The zero-order chi connectivity index (χ0) is 15.1. The van der Waals surface area contributed by atoms with E-state index in [1.54, 1.807) is 0 Å². The van der Waals surface area contributed by atoms with Gasteiger partial charge in [0, 0.05) is 37.5 Å². The molecule has 5 nitrogen and oxygen atoms in total. The predicted octanol–water partition coefficient (Wildman–Crippen LogP) is 2.33. The molecule has 0 atom stereocenters. The molecular weight excluding hydrogens is 266 g/mol. The first-order chi connectivity index (χ1) is 10.2. The standard InChI is InChI=1S/C16H25N3O2/c1-3-6-17-15-12-13(11-14(4-2)18-15)16(20)19-7-5-9-21-10-8-19/h11-12H,3-10H2,1-2H3,(H,17,18). The number of nitrogens with one attached hydrogen (secondary N) is 1. The van der Waals surface area contributed by atoms with Gasteiger partial charge in [-0.2, -0.15) is 0 Å². The molecule has 2 rings (SSSR count). The molecule has 1 aromatic rings. The molecule has 21 heavy (non-hydrogen) atoms. The molecule has 2 heterocycles. The minimum Gasteiger partial charge on any atom is -0.380 e. The number of ether oxygens (including phenoxy) is 1. The summed E-state index contributed by atoms with van der Waals surface area (Å²) in [5, 5.41) is 3.27. The average Bonchev–Trinajstić information content (AvgIpc) is 2.81. The van der Waals surface area contributed by atoms with Crippen LogP contribution in [-0.4, -0.2) is 48.6 Å². The largest absolute Gasteiger partial charge is 0.380 e. The number of nitrogens with zero attached hydrogens (tertiary/aromatic N) is 2. The van der Waals surface area contributed by atoms with Crippen molar-refractivity contribution < 1.29 is 9.53 Å². The molecule has 1 aromatic heterocycles. The molecule has 1 fully saturated rings. The van der Waals surface area contributed by atoms with E-state index in [0.717, 1.165) is 56.0 Å². The maximum atomic E-state index is 12.7. The fourth-order valence-corrected chi connectivity index (χ4v) is 2.37. The maximum Gasteiger partial charge on any atom is 0.254 e. The molecule has 0 spiro atoms. The minimum absolute atomic E-state index is 0.0807. The highest BCUT2D eigenvalue weighted by Crippen LogP contribution is 2.15. The third-order valence-corrected chi connectivity index (χ3v) is 3.55. The van der Waals surface area contributed by atoms with Crippen molar-refractivity contribution >= 4 is 11.7 Å². The number of pyridine rings is 1. The summed E-state index contributed by atoms with van der Waals surface area (Å²) in [7, 11) is 0. The van der Waals surface area contributed by atoms with E-state index >= 15 is 0 Å². The number of amides is 1. The van der Waals surface area contributed by atoms with Crippen LogP contribution in [0.1, 0.15) is 42.7 Å². The number of aryl methyl sites for hydroxylation is 1. The zero-order valence-electron chi connectivity index (χ0n) is 13.0. The zero-order valence-corrected chi connectivity index (χ0v) is 13.0. The average molecular weight is 291 g/mol. The second-order valence-corrected chi connectivity index (χ2v) is 5.27. The smallest absolute Gasteiger partial charge is 0.254 e. The Balaban J connectivity index is 2.17. The van der Waals surface area contributed by atoms with Gasteiger partial charge < -0.3 is 15.0 Å². The van der Waals surface area contributed by atoms with E-state index < -0.39 is 0 Å². The lowest BCUT2D eigenvalue weighted by molar-refractivity contribution is 0.0741. The molecule has 5 heteroatoms. The summed E-state index contributed by atoms with van der Waals surface area (Å²) in [6, 6.07) is 3.77. The summed E-state index contributed by atoms with van der Waals surface area (Å²) >= 11 is 0. The van der Waals surface area contributed by atoms with Crippen LogP contribution in [0.4, 0.5) is 5.82 Å². The Bertz CT molecular complexity index is 469. The van der Waals surface area contributed by atoms with Gasteiger partial charge in [0.1, 0.15) is 5.82 Å². The van der Waals surface area contributed by atoms with Crippen molar-refractivity contribution in [1.82, 2.24) is 9.88 Å². The topological polar surface area (TPSA) is 54.5 Å². The summed E-state index contributed by atoms with van der Waals surface area (Å²) in [5.74, 6) is 0.878. The van der Waals surface area contributed by atoms with Crippen molar-refractivity contribution in [2.75, 3.05) is 38.2 Å². The first-order valence-corrected chi connectivity index (χ1v) is 7.86. The van der Waals surface area contributed by atoms with Crippen LogP contribution in [0, 0.1) is 0 Å². The van der Waals surface area contributed by atoms with Gasteiger partial charge in [-0.05, 0) is 31.4 Å². The van der Waals surface area contributed by atoms with Crippen LogP contribution in [-0.2, 0) is 11.2 Å². The van der Waals surface area contributed by atoms with Crippen molar-refractivity contribution in [2.45, 2.75) is 33.1 Å². The first kappa shape index (κ1) is 15.8. The molecule has 0 bridgehead atoms. The number of aromatic nitrogens is 1. The van der Waals surface area contributed by atoms with Crippen LogP contribution in [0.3, 0.4) is 0 Å². The van der Waals surface area contributed by atoms with E-state index in [0.29, 0.717) is 13.2 Å². The number of carbonyl (C=O) groups excluding carboxylic acids is 1. The number of anilines is 1. The number of rotatable bonds is 5. The Morgan fingerprint density at radius 3 is 2.95 bits per heavy atom. The summed E-state index contributed by atoms with van der Waals surface area (Å²) in [5.41, 5.74) is 1.67. The number of hydrogen-bond donors (Lipinski definition) is 1. The SMILES string of the molecule is CCCNc1cc(C(=O)N2CCCOCC2)cc(CC)n1. The Hall–Kier alpha value is -1.62. The van der Waals surface area contributed by atoms with Crippen LogP contribution in [0.2, 0.25) is 0 Å². The summed E-state index contributed by atoms with van der Waals surface area (Å²) in [6.45, 7) is 7.83. The fourth-order valence-electron chi connectivity index (χ4n) is 2.37. The van der Waals surface area contributed by atoms with Crippen molar-refractivity contribution in [1.29, 1.82) is 0 Å². The maximum absolute atomic E-state index is 12.7. The Labute approximate surface area is 126 Å². The molecule has 0 radical (unpaired) electrons. The third-order valence-electron chi connectivity index (χ3n) is 3.55. The molecule has 1 saturated heterocycles. The van der Waals surface area contributed by atoms with Crippen LogP contribution >= 0.6 is 0 Å². The third kappa shape index (κ3) is 4.43. The molecule has 0 aromatic carbocycles. The monoisotopic (exact) mass is 291 g/mol. The van der Waals surface area contributed by atoms with Crippen LogP contribution in [0.5, 0.6) is 0 Å². The quantitative estimate of drug-likeness (QED) is 0.904. The minimum atomic E-state index is 0.0807. The molecule has 0 saturated carbocycles. The predicted molar refractivity (Wildman–Crippen MR) is 83.7 cm³/mol. The summed E-state index contributed by atoms with van der Waals surface area (Å²) in [4.78, 5) is 19.1. The van der Waals surface area contributed by atoms with Gasteiger partial charge in [-0.3, -0.25) is 4.79 Å². The van der Waals surface area contributed by atoms with Gasteiger partial charge in [-0.1, -0.05) is 13.8 Å². The van der Waals surface area contributed by atoms with E-state index in [1.165, 1.54) is 0 Å². The van der Waals surface area contributed by atoms with E-state index in [2.05, 4.69) is 24.1 Å². The van der Waals surface area contributed by atoms with Gasteiger partial charge in [0.2, 0.25) is 0 Å². The van der Waals surface area contributed by atoms with Crippen LogP contribution in [0.25, 0.3) is 0 Å². The number of hydrogen-bond acceptors (Lipinski definition) is 4. The molecule has 0 aliphatic carbocycles. The van der Waals surface area contributed by atoms with Gasteiger partial charge in [0.25, 0.3) is 5.91 Å². The van der Waals surface area contributed by atoms with Crippen LogP contribution < -0.4 is 5.32 Å². The highest BCUT2D eigenvalue weighted by Gasteiger charge is 2.18. The van der Waals surface area contributed by atoms with Crippen molar-refractivity contribution in [2.24, 2.45) is 0 Å².